The molecule has 0 saturated carbocycles. The van der Waals surface area contributed by atoms with Crippen molar-refractivity contribution in [1.82, 2.24) is 9.78 Å². The molecule has 0 radical (unpaired) electrons. The Kier molecular flexibility index (Phi) is 6.73. The molecule has 0 aliphatic carbocycles. The van der Waals surface area contributed by atoms with Crippen LogP contribution in [0.4, 0.5) is 5.82 Å². The van der Waals surface area contributed by atoms with Crippen LogP contribution in [0, 0.1) is 0 Å². The number of sulfone groups is 1. The smallest absolute Gasteiger partial charge is 0.263 e. The Balaban J connectivity index is 1.50. The lowest BCUT2D eigenvalue weighted by Crippen LogP contribution is -2.23. The van der Waals surface area contributed by atoms with Gasteiger partial charge >= 0.3 is 0 Å². The Hall–Kier alpha value is -2.84. The van der Waals surface area contributed by atoms with Crippen molar-refractivity contribution < 1.29 is 17.9 Å². The standard InChI is InChI=1S/C25H28ClN3O4S/c1-25(2,3)18-6-10-21(11-7-18)33-15-24(30)27-23-14-22(17-4-8-19(26)9-5-17)28-29(23)20-12-13-34(31,32)16-20/h4-11,14,20H,12-13,15-16H2,1-3H3,(H,27,30)/t20-/m0/s1. The second-order valence-corrected chi connectivity index (χ2v) is 12.2. The third-order valence-corrected chi connectivity index (χ3v) is 7.79. The highest BCUT2D eigenvalue weighted by Gasteiger charge is 2.32. The molecule has 2 aromatic carbocycles. The number of nitrogens with one attached hydrogen (secondary N) is 1. The number of ether oxygens (including phenoxy) is 1. The van der Waals surface area contributed by atoms with Crippen LogP contribution in [0.3, 0.4) is 0 Å². The van der Waals surface area contributed by atoms with Gasteiger partial charge in [-0.1, -0.05) is 56.6 Å². The fraction of sp³-hybridized carbons (Fsp3) is 0.360. The van der Waals surface area contributed by atoms with Crippen LogP contribution in [0.25, 0.3) is 11.3 Å². The first-order chi connectivity index (χ1) is 16.0. The monoisotopic (exact) mass is 501 g/mol. The van der Waals surface area contributed by atoms with Crippen LogP contribution in [0.15, 0.2) is 54.6 Å². The maximum Gasteiger partial charge on any atom is 0.263 e. The summed E-state index contributed by atoms with van der Waals surface area (Å²) in [4.78, 5) is 12.7. The number of carbonyl (C=O) groups is 1. The van der Waals surface area contributed by atoms with Crippen LogP contribution >= 0.6 is 11.6 Å². The van der Waals surface area contributed by atoms with E-state index in [-0.39, 0.29) is 35.5 Å². The van der Waals surface area contributed by atoms with Gasteiger partial charge in [-0.3, -0.25) is 4.79 Å². The number of hydrogen-bond acceptors (Lipinski definition) is 5. The topological polar surface area (TPSA) is 90.3 Å². The molecule has 1 N–H and O–H groups in total. The lowest BCUT2D eigenvalue weighted by atomic mass is 9.87. The van der Waals surface area contributed by atoms with Gasteiger partial charge in [0.1, 0.15) is 11.6 Å². The number of nitrogens with zero attached hydrogens (tertiary/aromatic N) is 2. The predicted octanol–water partition coefficient (Wildman–Crippen LogP) is 4.88. The Morgan fingerprint density at radius 2 is 1.82 bits per heavy atom. The Labute approximate surface area is 205 Å². The van der Waals surface area contributed by atoms with Gasteiger partial charge in [-0.2, -0.15) is 5.10 Å². The molecule has 0 bridgehead atoms. The van der Waals surface area contributed by atoms with E-state index in [2.05, 4.69) is 31.2 Å². The minimum atomic E-state index is -3.13. The lowest BCUT2D eigenvalue weighted by molar-refractivity contribution is -0.118. The number of benzene rings is 2. The number of halogens is 1. The van der Waals surface area contributed by atoms with E-state index in [1.807, 2.05) is 36.4 Å². The normalized spacial score (nSPS) is 17.5. The van der Waals surface area contributed by atoms with Crippen LogP contribution in [0.5, 0.6) is 5.75 Å². The molecule has 3 aromatic rings. The van der Waals surface area contributed by atoms with E-state index in [9.17, 15) is 13.2 Å². The number of amides is 1. The summed E-state index contributed by atoms with van der Waals surface area (Å²) >= 11 is 5.99. The van der Waals surface area contributed by atoms with Crippen molar-refractivity contribution in [2.24, 2.45) is 0 Å². The van der Waals surface area contributed by atoms with Crippen molar-refractivity contribution in [3.63, 3.8) is 0 Å². The second-order valence-electron chi connectivity index (χ2n) is 9.53. The highest BCUT2D eigenvalue weighted by molar-refractivity contribution is 7.91. The molecule has 1 aromatic heterocycles. The molecule has 1 amide bonds. The average Bonchev–Trinajstić information content (AvgIpc) is 3.35. The molecule has 2 heterocycles. The summed E-state index contributed by atoms with van der Waals surface area (Å²) in [5.74, 6) is 0.775. The minimum Gasteiger partial charge on any atom is -0.484 e. The Morgan fingerprint density at radius 3 is 2.41 bits per heavy atom. The van der Waals surface area contributed by atoms with E-state index in [0.717, 1.165) is 5.56 Å². The molecule has 9 heteroatoms. The third-order valence-electron chi connectivity index (χ3n) is 5.79. The van der Waals surface area contributed by atoms with Crippen LogP contribution in [0.2, 0.25) is 5.02 Å². The van der Waals surface area contributed by atoms with Crippen molar-refractivity contribution in [2.75, 3.05) is 23.4 Å². The maximum atomic E-state index is 12.7. The van der Waals surface area contributed by atoms with Crippen LogP contribution < -0.4 is 10.1 Å². The van der Waals surface area contributed by atoms with Crippen LogP contribution in [0.1, 0.15) is 38.8 Å². The molecule has 180 valence electrons. The van der Waals surface area contributed by atoms with Gasteiger partial charge in [-0.05, 0) is 41.7 Å². The van der Waals surface area contributed by atoms with E-state index >= 15 is 0 Å². The number of rotatable bonds is 6. The number of carbonyl (C=O) groups excluding carboxylic acids is 1. The van der Waals surface area contributed by atoms with Gasteiger partial charge in [-0.25, -0.2) is 13.1 Å². The molecule has 0 unspecified atom stereocenters. The van der Waals surface area contributed by atoms with Crippen molar-refractivity contribution in [2.45, 2.75) is 38.6 Å². The first-order valence-electron chi connectivity index (χ1n) is 11.1. The highest BCUT2D eigenvalue weighted by Crippen LogP contribution is 2.31. The molecule has 1 aliphatic rings. The summed E-state index contributed by atoms with van der Waals surface area (Å²) < 4.78 is 31.3. The summed E-state index contributed by atoms with van der Waals surface area (Å²) in [7, 11) is -3.13. The number of hydrogen-bond donors (Lipinski definition) is 1. The zero-order valence-corrected chi connectivity index (χ0v) is 21.0. The van der Waals surface area contributed by atoms with Gasteiger partial charge in [0.25, 0.3) is 5.91 Å². The summed E-state index contributed by atoms with van der Waals surface area (Å²) in [5, 5.41) is 8.06. The fourth-order valence-corrected chi connectivity index (χ4v) is 5.69. The van der Waals surface area contributed by atoms with Crippen LogP contribution in [-0.4, -0.2) is 42.2 Å². The van der Waals surface area contributed by atoms with Crippen molar-refractivity contribution in [1.29, 1.82) is 0 Å². The summed E-state index contributed by atoms with van der Waals surface area (Å²) in [6, 6.07) is 16.2. The first kappa shape index (κ1) is 24.3. The van der Waals surface area contributed by atoms with Crippen molar-refractivity contribution in [3.8, 4) is 17.0 Å². The van der Waals surface area contributed by atoms with Gasteiger partial charge in [0.15, 0.2) is 16.4 Å². The number of anilines is 1. The SMILES string of the molecule is CC(C)(C)c1ccc(OCC(=O)Nc2cc(-c3ccc(Cl)cc3)nn2[C@H]2CCS(=O)(=O)C2)cc1. The zero-order valence-electron chi connectivity index (χ0n) is 19.4. The predicted molar refractivity (Wildman–Crippen MR) is 134 cm³/mol. The van der Waals surface area contributed by atoms with Gasteiger partial charge < -0.3 is 10.1 Å². The molecule has 1 atom stereocenters. The number of aromatic nitrogens is 2. The van der Waals surface area contributed by atoms with Gasteiger partial charge in [0.05, 0.1) is 23.2 Å². The molecule has 0 spiro atoms. The Morgan fingerprint density at radius 1 is 1.15 bits per heavy atom. The van der Waals surface area contributed by atoms with Crippen LogP contribution in [-0.2, 0) is 20.0 Å². The van der Waals surface area contributed by atoms with E-state index in [4.69, 9.17) is 16.3 Å². The zero-order chi connectivity index (χ0) is 24.5. The lowest BCUT2D eigenvalue weighted by Gasteiger charge is -2.19. The minimum absolute atomic E-state index is 0.00572. The largest absolute Gasteiger partial charge is 0.484 e. The third kappa shape index (κ3) is 5.80. The molecule has 1 aliphatic heterocycles. The summed E-state index contributed by atoms with van der Waals surface area (Å²) in [6.45, 7) is 6.22. The van der Waals surface area contributed by atoms with Gasteiger partial charge in [0.2, 0.25) is 0 Å². The molecule has 1 saturated heterocycles. The molecule has 1 fully saturated rings. The summed E-state index contributed by atoms with van der Waals surface area (Å²) in [5.41, 5.74) is 2.64. The average molecular weight is 502 g/mol. The molecule has 34 heavy (non-hydrogen) atoms. The van der Waals surface area contributed by atoms with E-state index in [0.29, 0.717) is 28.7 Å². The molecule has 7 nitrogen and oxygen atoms in total. The van der Waals surface area contributed by atoms with Gasteiger partial charge in [-0.15, -0.1) is 0 Å². The van der Waals surface area contributed by atoms with Gasteiger partial charge in [0, 0.05) is 16.7 Å². The van der Waals surface area contributed by atoms with E-state index in [1.165, 1.54) is 5.56 Å². The second kappa shape index (κ2) is 9.43. The maximum absolute atomic E-state index is 12.7. The van der Waals surface area contributed by atoms with E-state index < -0.39 is 9.84 Å². The van der Waals surface area contributed by atoms with E-state index in [1.54, 1.807) is 22.9 Å². The molecular weight excluding hydrogens is 474 g/mol. The van der Waals surface area contributed by atoms with Crippen molar-refractivity contribution in [3.05, 3.63) is 65.2 Å². The Bertz CT molecular complexity index is 1280. The first-order valence-corrected chi connectivity index (χ1v) is 13.3. The highest BCUT2D eigenvalue weighted by atomic mass is 35.5. The fourth-order valence-electron chi connectivity index (χ4n) is 3.88. The molecular formula is C25H28ClN3O4S. The molecule has 4 rings (SSSR count). The van der Waals surface area contributed by atoms with Crippen molar-refractivity contribution >= 4 is 33.2 Å². The quantitative estimate of drug-likeness (QED) is 0.520. The summed E-state index contributed by atoms with van der Waals surface area (Å²) in [6.07, 6.45) is 0.448.